The van der Waals surface area contributed by atoms with Crippen molar-refractivity contribution in [3.63, 3.8) is 0 Å². The summed E-state index contributed by atoms with van der Waals surface area (Å²) >= 11 is 75.1. The van der Waals surface area contributed by atoms with Crippen LogP contribution >= 0.6 is 151 Å². The minimum atomic E-state index is -2.59. The van der Waals surface area contributed by atoms with Gasteiger partial charge in [0.25, 0.3) is 0 Å². The number of hydrogen-bond acceptors (Lipinski definition) is 0. The second-order valence-corrected chi connectivity index (χ2v) is 12.1. The highest BCUT2D eigenvalue weighted by atomic mass is 35.6. The van der Waals surface area contributed by atoms with Crippen LogP contribution in [0.1, 0.15) is 0 Å². The quantitative estimate of drug-likeness (QED) is 0.324. The fraction of sp³-hybridized carbons (Fsp3) is 1.00. The average Bonchev–Trinajstić information content (AvgIpc) is 2.11. The van der Waals surface area contributed by atoms with Gasteiger partial charge in [0.2, 0.25) is 7.59 Å². The number of alkyl halides is 13. The number of halogens is 13. The third-order valence-corrected chi connectivity index (χ3v) is 8.97. The average molecular weight is 534 g/mol. The van der Waals surface area contributed by atoms with E-state index in [1.165, 1.54) is 0 Å². The zero-order valence-electron chi connectivity index (χ0n) is 7.99. The molecule has 0 nitrogen and oxygen atoms in total. The van der Waals surface area contributed by atoms with Crippen molar-refractivity contribution in [3.8, 4) is 0 Å². The van der Waals surface area contributed by atoms with Crippen LogP contribution < -0.4 is 0 Å². The summed E-state index contributed by atoms with van der Waals surface area (Å²) in [5.74, 6) is 0. The lowest BCUT2D eigenvalue weighted by atomic mass is 10.0. The lowest BCUT2D eigenvalue weighted by Gasteiger charge is -2.51. The van der Waals surface area contributed by atoms with E-state index in [1.807, 2.05) is 0 Å². The van der Waals surface area contributed by atoms with Crippen molar-refractivity contribution in [2.75, 3.05) is 0 Å². The minimum absolute atomic E-state index is 1.59. The molecule has 0 saturated carbocycles. The largest absolute Gasteiger partial charge is 0.225 e. The molecule has 0 aliphatic heterocycles. The van der Waals surface area contributed by atoms with E-state index in [0.717, 1.165) is 0 Å². The zero-order valence-corrected chi connectivity index (χ0v) is 17.8. The van der Waals surface area contributed by atoms with E-state index in [9.17, 15) is 0 Å². The topological polar surface area (TPSA) is 0 Å². The molecular formula is C6HCl13. The molecule has 0 amide bonds. The summed E-state index contributed by atoms with van der Waals surface area (Å²) in [4.78, 5) is -4.18. The van der Waals surface area contributed by atoms with E-state index in [1.54, 1.807) is 0 Å². The van der Waals surface area contributed by atoms with Crippen LogP contribution in [0.15, 0.2) is 0 Å². The second kappa shape index (κ2) is 6.95. The minimum Gasteiger partial charge on any atom is -0.108 e. The molecule has 116 valence electrons. The maximum atomic E-state index is 6.13. The zero-order chi connectivity index (χ0) is 16.1. The van der Waals surface area contributed by atoms with Gasteiger partial charge in [-0.2, -0.15) is 0 Å². The van der Waals surface area contributed by atoms with Gasteiger partial charge in [0.1, 0.15) is 4.84 Å². The lowest BCUT2D eigenvalue weighted by Crippen LogP contribution is -2.68. The van der Waals surface area contributed by atoms with Crippen LogP contribution in [-0.2, 0) is 0 Å². The molecule has 0 bridgehead atoms. The Hall–Kier alpha value is 3.77. The highest BCUT2D eigenvalue weighted by Crippen LogP contribution is 2.68. The van der Waals surface area contributed by atoms with Crippen LogP contribution in [0.25, 0.3) is 0 Å². The summed E-state index contributed by atoms with van der Waals surface area (Å²) in [7, 11) is 0. The number of hydrogen-bond donors (Lipinski definition) is 0. The Balaban J connectivity index is 6.30. The molecule has 0 fully saturated rings. The van der Waals surface area contributed by atoms with Gasteiger partial charge in [-0.05, 0) is 0 Å². The van der Waals surface area contributed by atoms with Crippen molar-refractivity contribution in [3.05, 3.63) is 0 Å². The Labute approximate surface area is 175 Å². The molecule has 0 aliphatic carbocycles. The molecular weight excluding hydrogens is 533 g/mol. The van der Waals surface area contributed by atoms with Crippen LogP contribution in [0.2, 0.25) is 0 Å². The monoisotopic (exact) mass is 528 g/mol. The van der Waals surface area contributed by atoms with Crippen LogP contribution in [0.5, 0.6) is 0 Å². The van der Waals surface area contributed by atoms with Crippen molar-refractivity contribution in [1.29, 1.82) is 0 Å². The van der Waals surface area contributed by atoms with E-state index < -0.39 is 26.0 Å². The third-order valence-electron chi connectivity index (χ3n) is 1.91. The van der Waals surface area contributed by atoms with E-state index >= 15 is 0 Å². The first-order chi connectivity index (χ1) is 7.94. The molecule has 0 radical (unpaired) electrons. The van der Waals surface area contributed by atoms with Gasteiger partial charge >= 0.3 is 0 Å². The molecule has 1 unspecified atom stereocenters. The molecule has 0 aromatic heterocycles. The van der Waals surface area contributed by atoms with E-state index in [-0.39, 0.29) is 0 Å². The predicted octanol–water partition coefficient (Wildman–Crippen LogP) is 7.86. The maximum Gasteiger partial charge on any atom is 0.225 e. The van der Waals surface area contributed by atoms with Gasteiger partial charge in [-0.15, -0.1) is 34.8 Å². The highest BCUT2D eigenvalue weighted by molar-refractivity contribution is 6.81. The smallest absolute Gasteiger partial charge is 0.108 e. The van der Waals surface area contributed by atoms with Crippen LogP contribution in [0, 0.1) is 0 Å². The normalized spacial score (nSPS) is 18.6. The summed E-state index contributed by atoms with van der Waals surface area (Å²) in [5.41, 5.74) is 0. The van der Waals surface area contributed by atoms with E-state index in [4.69, 9.17) is 151 Å². The Morgan fingerprint density at radius 1 is 0.526 bits per heavy atom. The lowest BCUT2D eigenvalue weighted by molar-refractivity contribution is 0.467. The van der Waals surface area contributed by atoms with Crippen molar-refractivity contribution in [2.24, 2.45) is 0 Å². The van der Waals surface area contributed by atoms with Crippen molar-refractivity contribution in [1.82, 2.24) is 0 Å². The predicted molar refractivity (Wildman–Crippen MR) is 93.5 cm³/mol. The Kier molecular flexibility index (Phi) is 8.32. The van der Waals surface area contributed by atoms with Crippen LogP contribution in [-0.4, -0.2) is 26.0 Å². The van der Waals surface area contributed by atoms with Gasteiger partial charge in [-0.3, -0.25) is 0 Å². The molecule has 0 saturated heterocycles. The molecule has 19 heavy (non-hydrogen) atoms. The van der Waals surface area contributed by atoms with Gasteiger partial charge in [0.15, 0.2) is 13.5 Å². The first kappa shape index (κ1) is 22.8. The fourth-order valence-electron chi connectivity index (χ4n) is 0.922. The molecule has 0 heterocycles. The SMILES string of the molecule is ClC(Cl)C(Cl)(Cl)C(Cl)(C(Cl)(Cl)Cl)C(Cl)(Cl)C(Cl)(Cl)Cl. The molecule has 0 aliphatic rings. The maximum absolute atomic E-state index is 6.13. The van der Waals surface area contributed by atoms with E-state index in [2.05, 4.69) is 0 Å². The molecule has 0 N–H and O–H groups in total. The van der Waals surface area contributed by atoms with Crippen molar-refractivity contribution < 1.29 is 0 Å². The van der Waals surface area contributed by atoms with E-state index in [0.29, 0.717) is 0 Å². The Bertz CT molecular complexity index is 321. The fourth-order valence-corrected chi connectivity index (χ4v) is 4.98. The summed E-state index contributed by atoms with van der Waals surface area (Å²) < 4.78 is -9.92. The standard InChI is InChI=1S/C6HCl13/c7-1(8)2(9,10)3(11,5(14,15)16)4(12,13)6(17,18)19/h1H. The van der Waals surface area contributed by atoms with Crippen molar-refractivity contribution in [2.45, 2.75) is 26.0 Å². The molecule has 0 spiro atoms. The second-order valence-electron chi connectivity index (χ2n) is 3.15. The Morgan fingerprint density at radius 3 is 1.00 bits per heavy atom. The van der Waals surface area contributed by atoms with Gasteiger partial charge in [0, 0.05) is 0 Å². The van der Waals surface area contributed by atoms with Gasteiger partial charge in [-0.1, -0.05) is 116 Å². The summed E-state index contributed by atoms with van der Waals surface area (Å²) in [5, 5.41) is 0. The van der Waals surface area contributed by atoms with Crippen LogP contribution in [0.4, 0.5) is 0 Å². The molecule has 0 aromatic rings. The highest BCUT2D eigenvalue weighted by Gasteiger charge is 2.77. The third kappa shape index (κ3) is 4.06. The summed E-state index contributed by atoms with van der Waals surface area (Å²) in [6.07, 6.45) is 0. The number of rotatable bonds is 3. The summed E-state index contributed by atoms with van der Waals surface area (Å²) in [6, 6.07) is 0. The van der Waals surface area contributed by atoms with Crippen molar-refractivity contribution >= 4 is 151 Å². The first-order valence-corrected chi connectivity index (χ1v) is 8.83. The first-order valence-electron chi connectivity index (χ1n) is 3.80. The van der Waals surface area contributed by atoms with Gasteiger partial charge in [-0.25, -0.2) is 0 Å². The molecule has 0 rings (SSSR count). The van der Waals surface area contributed by atoms with Gasteiger partial charge < -0.3 is 0 Å². The summed E-state index contributed by atoms with van der Waals surface area (Å²) in [6.45, 7) is 0. The van der Waals surface area contributed by atoms with Crippen LogP contribution in [0.3, 0.4) is 0 Å². The molecule has 1 atom stereocenters. The molecule has 13 heteroatoms. The Morgan fingerprint density at radius 2 is 0.842 bits per heavy atom. The van der Waals surface area contributed by atoms with Gasteiger partial charge in [0.05, 0.1) is 0 Å². The molecule has 0 aromatic carbocycles.